The zero-order valence-electron chi connectivity index (χ0n) is 19.6. The lowest BCUT2D eigenvalue weighted by molar-refractivity contribution is -0.210. The molecular formula is C21H33N5O5. The number of aromatic nitrogens is 4. The van der Waals surface area contributed by atoms with Gasteiger partial charge >= 0.3 is 11.9 Å². The van der Waals surface area contributed by atoms with Gasteiger partial charge in [-0.25, -0.2) is 15.0 Å². The summed E-state index contributed by atoms with van der Waals surface area (Å²) in [4.78, 5) is 39.1. The summed E-state index contributed by atoms with van der Waals surface area (Å²) in [6.07, 6.45) is 2.30. The maximum Gasteiger partial charge on any atom is 0.314 e. The van der Waals surface area contributed by atoms with Crippen molar-refractivity contribution in [3.63, 3.8) is 0 Å². The highest BCUT2D eigenvalue weighted by atomic mass is 16.7. The van der Waals surface area contributed by atoms with E-state index in [1.54, 1.807) is 46.1 Å². The summed E-state index contributed by atoms with van der Waals surface area (Å²) in [5.41, 5.74) is -0.244. The fourth-order valence-electron chi connectivity index (χ4n) is 2.39. The van der Waals surface area contributed by atoms with E-state index < -0.39 is 23.2 Å². The van der Waals surface area contributed by atoms with E-state index >= 15 is 0 Å². The average Bonchev–Trinajstić information content (AvgIpc) is 3.08. The smallest absolute Gasteiger partial charge is 0.314 e. The fraction of sp³-hybridized carbons (Fsp3) is 0.667. The molecule has 172 valence electrons. The Labute approximate surface area is 182 Å². The van der Waals surface area contributed by atoms with Gasteiger partial charge in [-0.2, -0.15) is 0 Å². The molecule has 0 bridgehead atoms. The molecule has 2 aromatic heterocycles. The summed E-state index contributed by atoms with van der Waals surface area (Å²) in [6.45, 7) is 11.1. The second-order valence-electron chi connectivity index (χ2n) is 9.49. The minimum atomic E-state index is -1.07. The van der Waals surface area contributed by atoms with Gasteiger partial charge in [-0.05, 0) is 41.5 Å². The second-order valence-corrected chi connectivity index (χ2v) is 9.49. The Hall–Kier alpha value is -2.75. The van der Waals surface area contributed by atoms with Crippen LogP contribution in [0.3, 0.4) is 0 Å². The first-order valence-electron chi connectivity index (χ1n) is 10.2. The van der Waals surface area contributed by atoms with Gasteiger partial charge in [0.05, 0.1) is 24.0 Å². The van der Waals surface area contributed by atoms with Crippen LogP contribution in [0.1, 0.15) is 54.4 Å². The lowest BCUT2D eigenvalue weighted by atomic mass is 9.97. The Bertz CT molecular complexity index is 911. The predicted molar refractivity (Wildman–Crippen MR) is 115 cm³/mol. The normalized spacial score (nSPS) is 13.2. The Kier molecular flexibility index (Phi) is 7.58. The predicted octanol–water partition coefficient (Wildman–Crippen LogP) is 2.93. The monoisotopic (exact) mass is 435 g/mol. The van der Waals surface area contributed by atoms with Gasteiger partial charge in [0.25, 0.3) is 6.41 Å². The summed E-state index contributed by atoms with van der Waals surface area (Å²) >= 11 is 0. The van der Waals surface area contributed by atoms with Crippen molar-refractivity contribution in [2.75, 3.05) is 32.2 Å². The molecule has 2 heterocycles. The van der Waals surface area contributed by atoms with Crippen LogP contribution in [-0.4, -0.2) is 58.8 Å². The van der Waals surface area contributed by atoms with Crippen molar-refractivity contribution in [1.29, 1.82) is 0 Å². The number of rotatable bonds is 8. The number of carbonyl (C=O) groups is 2. The standard InChI is InChI=1S/C21H33N5O5/c1-20(2,3)17(27)29-10-9-11-30-19(31-18(28)21(4,5)6)26-13-24-14-15(25(7)8)22-12-23-16(14)26/h12-13,19H,9-11H2,1-8H3. The van der Waals surface area contributed by atoms with E-state index in [1.165, 1.54) is 12.7 Å². The second kappa shape index (κ2) is 9.59. The topological polar surface area (TPSA) is 109 Å². The van der Waals surface area contributed by atoms with E-state index in [0.29, 0.717) is 23.4 Å². The van der Waals surface area contributed by atoms with Crippen LogP contribution < -0.4 is 4.90 Å². The van der Waals surface area contributed by atoms with Crippen molar-refractivity contribution in [2.24, 2.45) is 10.8 Å². The first-order chi connectivity index (χ1) is 14.3. The summed E-state index contributed by atoms with van der Waals surface area (Å²) < 4.78 is 18.3. The van der Waals surface area contributed by atoms with E-state index in [1.807, 2.05) is 19.0 Å². The van der Waals surface area contributed by atoms with Crippen LogP contribution in [0.25, 0.3) is 11.2 Å². The highest BCUT2D eigenvalue weighted by molar-refractivity contribution is 5.83. The number of anilines is 1. The van der Waals surface area contributed by atoms with Gasteiger partial charge in [0.15, 0.2) is 17.0 Å². The molecule has 0 saturated heterocycles. The summed E-state index contributed by atoms with van der Waals surface area (Å²) in [5.74, 6) is -0.0733. The van der Waals surface area contributed by atoms with Crippen molar-refractivity contribution in [3.05, 3.63) is 12.7 Å². The highest BCUT2D eigenvalue weighted by Crippen LogP contribution is 2.26. The van der Waals surface area contributed by atoms with E-state index in [2.05, 4.69) is 15.0 Å². The molecule has 1 unspecified atom stereocenters. The molecule has 0 aliphatic rings. The molecule has 0 N–H and O–H groups in total. The van der Waals surface area contributed by atoms with Crippen LogP contribution in [0.2, 0.25) is 0 Å². The van der Waals surface area contributed by atoms with Crippen molar-refractivity contribution in [2.45, 2.75) is 54.4 Å². The van der Waals surface area contributed by atoms with Gasteiger partial charge < -0.3 is 19.1 Å². The molecule has 10 heteroatoms. The summed E-state index contributed by atoms with van der Waals surface area (Å²) in [7, 11) is 3.71. The molecule has 0 amide bonds. The number of nitrogens with zero attached hydrogens (tertiary/aromatic N) is 5. The maximum absolute atomic E-state index is 12.5. The van der Waals surface area contributed by atoms with Gasteiger partial charge in [0.2, 0.25) is 0 Å². The summed E-state index contributed by atoms with van der Waals surface area (Å²) in [6, 6.07) is 0. The Morgan fingerprint density at radius 2 is 1.65 bits per heavy atom. The summed E-state index contributed by atoms with van der Waals surface area (Å²) in [5, 5.41) is 0. The van der Waals surface area contributed by atoms with Crippen molar-refractivity contribution >= 4 is 28.9 Å². The molecule has 31 heavy (non-hydrogen) atoms. The molecule has 2 aromatic rings. The molecule has 2 rings (SSSR count). The van der Waals surface area contributed by atoms with Gasteiger partial charge in [-0.3, -0.25) is 14.2 Å². The number of imidazole rings is 1. The zero-order chi connectivity index (χ0) is 23.4. The Morgan fingerprint density at radius 3 is 2.23 bits per heavy atom. The molecule has 1 atom stereocenters. The van der Waals surface area contributed by atoms with Gasteiger partial charge in [0, 0.05) is 20.5 Å². The molecule has 0 fully saturated rings. The van der Waals surface area contributed by atoms with Crippen LogP contribution in [0, 0.1) is 10.8 Å². The first kappa shape index (κ1) is 24.5. The molecule has 10 nitrogen and oxygen atoms in total. The van der Waals surface area contributed by atoms with Crippen LogP contribution >= 0.6 is 0 Å². The molecule has 0 aliphatic heterocycles. The third kappa shape index (κ3) is 6.36. The molecular weight excluding hydrogens is 402 g/mol. The number of hydrogen-bond acceptors (Lipinski definition) is 9. The maximum atomic E-state index is 12.5. The number of carbonyl (C=O) groups excluding carboxylic acids is 2. The average molecular weight is 436 g/mol. The van der Waals surface area contributed by atoms with Crippen LogP contribution in [-0.2, 0) is 23.8 Å². The molecule has 0 saturated carbocycles. The van der Waals surface area contributed by atoms with Crippen molar-refractivity contribution in [3.8, 4) is 0 Å². The molecule has 0 aliphatic carbocycles. The van der Waals surface area contributed by atoms with E-state index in [-0.39, 0.29) is 19.2 Å². The lowest BCUT2D eigenvalue weighted by Gasteiger charge is -2.24. The number of fused-ring (bicyclic) bond motifs is 1. The van der Waals surface area contributed by atoms with E-state index in [9.17, 15) is 9.59 Å². The molecule has 0 radical (unpaired) electrons. The molecule has 0 aromatic carbocycles. The van der Waals surface area contributed by atoms with Crippen LogP contribution in [0.4, 0.5) is 5.82 Å². The fourth-order valence-corrected chi connectivity index (χ4v) is 2.39. The van der Waals surface area contributed by atoms with Crippen molar-refractivity contribution in [1.82, 2.24) is 19.5 Å². The number of esters is 2. The minimum absolute atomic E-state index is 0.199. The van der Waals surface area contributed by atoms with Gasteiger partial charge in [0.1, 0.15) is 12.7 Å². The lowest BCUT2D eigenvalue weighted by Crippen LogP contribution is -2.29. The SMILES string of the molecule is CN(C)c1ncnc2c1ncn2C(OCCCOC(=O)C(C)(C)C)OC(=O)C(C)(C)C. The van der Waals surface area contributed by atoms with Crippen LogP contribution in [0.5, 0.6) is 0 Å². The first-order valence-corrected chi connectivity index (χ1v) is 10.2. The Balaban J connectivity index is 2.17. The van der Waals surface area contributed by atoms with Gasteiger partial charge in [-0.1, -0.05) is 0 Å². The molecule has 0 spiro atoms. The van der Waals surface area contributed by atoms with E-state index in [4.69, 9.17) is 14.2 Å². The highest BCUT2D eigenvalue weighted by Gasteiger charge is 2.29. The minimum Gasteiger partial charge on any atom is -0.465 e. The van der Waals surface area contributed by atoms with E-state index in [0.717, 1.165) is 0 Å². The number of hydrogen-bond donors (Lipinski definition) is 0. The Morgan fingerprint density at radius 1 is 1.00 bits per heavy atom. The van der Waals surface area contributed by atoms with Crippen molar-refractivity contribution < 1.29 is 23.8 Å². The van der Waals surface area contributed by atoms with Crippen LogP contribution in [0.15, 0.2) is 12.7 Å². The number of ether oxygens (including phenoxy) is 3. The van der Waals surface area contributed by atoms with Gasteiger partial charge in [-0.15, -0.1) is 0 Å². The largest absolute Gasteiger partial charge is 0.465 e. The third-order valence-electron chi connectivity index (χ3n) is 4.21. The zero-order valence-corrected chi connectivity index (χ0v) is 19.6. The quantitative estimate of drug-likeness (QED) is 0.351. The third-order valence-corrected chi connectivity index (χ3v) is 4.21.